The van der Waals surface area contributed by atoms with Gasteiger partial charge in [-0.05, 0) is 66.5 Å². The summed E-state index contributed by atoms with van der Waals surface area (Å²) in [5.74, 6) is 0.204. The van der Waals surface area contributed by atoms with Crippen LogP contribution in [-0.2, 0) is 34.4 Å². The molecule has 180 valence electrons. The van der Waals surface area contributed by atoms with Gasteiger partial charge in [0.15, 0.2) is 0 Å². The van der Waals surface area contributed by atoms with E-state index in [2.05, 4.69) is 53.3 Å². The molecule has 6 rings (SSSR count). The first-order chi connectivity index (χ1) is 17.2. The van der Waals surface area contributed by atoms with Crippen molar-refractivity contribution in [1.29, 1.82) is 0 Å². The van der Waals surface area contributed by atoms with Crippen LogP contribution in [0.3, 0.4) is 0 Å². The van der Waals surface area contributed by atoms with Crippen molar-refractivity contribution in [1.82, 2.24) is 15.2 Å². The zero-order valence-corrected chi connectivity index (χ0v) is 20.5. The number of carbonyl (C=O) groups is 1. The Hall–Kier alpha value is -3.38. The number of nitrogens with one attached hydrogen (secondary N) is 2. The van der Waals surface area contributed by atoms with Crippen molar-refractivity contribution in [3.8, 4) is 11.4 Å². The number of H-pyrrole nitrogens is 2. The molecule has 0 unspecified atom stereocenters. The van der Waals surface area contributed by atoms with Gasteiger partial charge in [0.1, 0.15) is 0 Å². The summed E-state index contributed by atoms with van der Waals surface area (Å²) in [5.41, 5.74) is 8.81. The number of rotatable bonds is 7. The number of hydrogen-bond acceptors (Lipinski definition) is 3. The maximum atomic E-state index is 13.8. The van der Waals surface area contributed by atoms with Gasteiger partial charge < -0.3 is 14.6 Å². The van der Waals surface area contributed by atoms with E-state index < -0.39 is 5.41 Å². The summed E-state index contributed by atoms with van der Waals surface area (Å²) in [5, 5.41) is 8.73. The first kappa shape index (κ1) is 22.1. The van der Waals surface area contributed by atoms with Crippen molar-refractivity contribution in [3.05, 3.63) is 70.9 Å². The maximum absolute atomic E-state index is 13.8. The standard InChI is InChI=1S/C29H32N4O2/c1-3-29(4-2)23-16-24-22(21-12-8-11-20-17-30-32-26(20)27(21)31-24)15-25(23)33(28(29)34)13-14-35-18-19-9-6-5-7-10-19/h5-7,9-10,15-17,31H,3-4,8,11-14,18H2,1-2H3,(H,30,32). The van der Waals surface area contributed by atoms with Crippen LogP contribution in [0.5, 0.6) is 0 Å². The molecule has 0 spiro atoms. The van der Waals surface area contributed by atoms with Gasteiger partial charge in [-0.15, -0.1) is 0 Å². The van der Waals surface area contributed by atoms with Gasteiger partial charge in [0, 0.05) is 23.1 Å². The topological polar surface area (TPSA) is 74.0 Å². The monoisotopic (exact) mass is 468 g/mol. The fraction of sp³-hybridized carbons (Fsp3) is 0.379. The van der Waals surface area contributed by atoms with E-state index in [1.165, 1.54) is 16.5 Å². The largest absolute Gasteiger partial charge is 0.375 e. The van der Waals surface area contributed by atoms with Crippen LogP contribution in [0.4, 0.5) is 5.69 Å². The van der Waals surface area contributed by atoms with Crippen LogP contribution in [0.25, 0.3) is 22.3 Å². The summed E-state index contributed by atoms with van der Waals surface area (Å²) in [4.78, 5) is 19.5. The number of aromatic nitrogens is 3. The molecule has 0 fully saturated rings. The van der Waals surface area contributed by atoms with Gasteiger partial charge in [0.2, 0.25) is 5.91 Å². The molecular formula is C29H32N4O2. The molecule has 1 aliphatic heterocycles. The minimum absolute atomic E-state index is 0.204. The van der Waals surface area contributed by atoms with E-state index in [9.17, 15) is 4.79 Å². The second kappa shape index (κ2) is 8.68. The summed E-state index contributed by atoms with van der Waals surface area (Å²) in [7, 11) is 0. The molecule has 0 saturated carbocycles. The highest BCUT2D eigenvalue weighted by Crippen LogP contribution is 2.49. The molecule has 2 aromatic carbocycles. The van der Waals surface area contributed by atoms with E-state index in [-0.39, 0.29) is 5.91 Å². The summed E-state index contributed by atoms with van der Waals surface area (Å²) < 4.78 is 5.98. The van der Waals surface area contributed by atoms with Crippen LogP contribution in [-0.4, -0.2) is 34.2 Å². The smallest absolute Gasteiger partial charge is 0.237 e. The number of nitrogens with zero attached hydrogens (tertiary/aromatic N) is 2. The molecule has 2 aromatic heterocycles. The fourth-order valence-electron chi connectivity index (χ4n) is 6.10. The van der Waals surface area contributed by atoms with E-state index in [1.807, 2.05) is 29.3 Å². The van der Waals surface area contributed by atoms with Crippen molar-refractivity contribution in [2.45, 2.75) is 58.0 Å². The Morgan fingerprint density at radius 2 is 1.91 bits per heavy atom. The average Bonchev–Trinajstić information content (AvgIpc) is 3.52. The molecule has 1 aliphatic carbocycles. The van der Waals surface area contributed by atoms with E-state index >= 15 is 0 Å². The number of hydrogen-bond donors (Lipinski definition) is 2. The first-order valence-corrected chi connectivity index (χ1v) is 12.8. The Morgan fingerprint density at radius 1 is 1.09 bits per heavy atom. The second-order valence-electron chi connectivity index (χ2n) is 9.80. The van der Waals surface area contributed by atoms with E-state index in [0.717, 1.165) is 65.8 Å². The molecule has 6 nitrogen and oxygen atoms in total. The van der Waals surface area contributed by atoms with Crippen LogP contribution >= 0.6 is 0 Å². The third-order valence-corrected chi connectivity index (χ3v) is 8.10. The van der Waals surface area contributed by atoms with Crippen molar-refractivity contribution < 1.29 is 9.53 Å². The van der Waals surface area contributed by atoms with E-state index in [0.29, 0.717) is 19.8 Å². The number of carbonyl (C=O) groups excluding carboxylic acids is 1. The van der Waals surface area contributed by atoms with Gasteiger partial charge >= 0.3 is 0 Å². The van der Waals surface area contributed by atoms with Crippen LogP contribution in [0.15, 0.2) is 48.7 Å². The quantitative estimate of drug-likeness (QED) is 0.343. The van der Waals surface area contributed by atoms with Gasteiger partial charge in [-0.25, -0.2) is 0 Å². The molecule has 0 bridgehead atoms. The molecule has 35 heavy (non-hydrogen) atoms. The summed E-state index contributed by atoms with van der Waals surface area (Å²) in [6, 6.07) is 14.7. The highest BCUT2D eigenvalue weighted by atomic mass is 16.5. The Bertz CT molecular complexity index is 1380. The lowest BCUT2D eigenvalue weighted by atomic mass is 9.76. The fourth-order valence-corrected chi connectivity index (χ4v) is 6.10. The zero-order valence-electron chi connectivity index (χ0n) is 20.5. The highest BCUT2D eigenvalue weighted by Gasteiger charge is 2.48. The second-order valence-corrected chi connectivity index (χ2v) is 9.80. The van der Waals surface area contributed by atoms with Crippen molar-refractivity contribution in [2.24, 2.45) is 0 Å². The molecule has 4 aromatic rings. The predicted molar refractivity (Wildman–Crippen MR) is 139 cm³/mol. The van der Waals surface area contributed by atoms with Gasteiger partial charge in [0.05, 0.1) is 36.2 Å². The number of amides is 1. The van der Waals surface area contributed by atoms with Gasteiger partial charge in [-0.2, -0.15) is 5.10 Å². The number of aryl methyl sites for hydroxylation is 2. The third-order valence-electron chi connectivity index (χ3n) is 8.10. The molecule has 1 amide bonds. The van der Waals surface area contributed by atoms with Crippen LogP contribution in [0.1, 0.15) is 55.4 Å². The van der Waals surface area contributed by atoms with Crippen molar-refractivity contribution >= 4 is 22.5 Å². The number of ether oxygens (including phenoxy) is 1. The lowest BCUT2D eigenvalue weighted by molar-refractivity contribution is -0.123. The van der Waals surface area contributed by atoms with E-state index in [4.69, 9.17) is 4.74 Å². The number of aromatic amines is 2. The molecule has 3 heterocycles. The summed E-state index contributed by atoms with van der Waals surface area (Å²) in [6.07, 6.45) is 6.65. The Labute approximate surface area is 205 Å². The van der Waals surface area contributed by atoms with Crippen LogP contribution in [0.2, 0.25) is 0 Å². The third kappa shape index (κ3) is 3.42. The van der Waals surface area contributed by atoms with Gasteiger partial charge in [-0.3, -0.25) is 9.89 Å². The van der Waals surface area contributed by atoms with Crippen LogP contribution < -0.4 is 4.90 Å². The SMILES string of the molecule is CCC1(CC)C(=O)N(CCOCc2ccccc2)c2cc3c4c([nH]c3cc21)-c1[nH]ncc1CCC4. The highest BCUT2D eigenvalue weighted by molar-refractivity contribution is 6.11. The summed E-state index contributed by atoms with van der Waals surface area (Å²) in [6.45, 7) is 5.88. The molecular weight excluding hydrogens is 436 g/mol. The number of benzene rings is 2. The average molecular weight is 469 g/mol. The molecule has 2 aliphatic rings. The number of anilines is 1. The van der Waals surface area contributed by atoms with E-state index in [1.54, 1.807) is 0 Å². The first-order valence-electron chi connectivity index (χ1n) is 12.8. The molecule has 0 atom stereocenters. The van der Waals surface area contributed by atoms with Gasteiger partial charge in [-0.1, -0.05) is 44.2 Å². The zero-order chi connectivity index (χ0) is 24.0. The predicted octanol–water partition coefficient (Wildman–Crippen LogP) is 5.67. The minimum atomic E-state index is -0.482. The molecule has 6 heteroatoms. The maximum Gasteiger partial charge on any atom is 0.237 e. The Morgan fingerprint density at radius 3 is 2.71 bits per heavy atom. The van der Waals surface area contributed by atoms with Crippen LogP contribution in [0, 0.1) is 0 Å². The molecule has 2 N–H and O–H groups in total. The van der Waals surface area contributed by atoms with Crippen molar-refractivity contribution in [3.63, 3.8) is 0 Å². The van der Waals surface area contributed by atoms with Gasteiger partial charge in [0.25, 0.3) is 0 Å². The van der Waals surface area contributed by atoms with Crippen molar-refractivity contribution in [2.75, 3.05) is 18.1 Å². The lowest BCUT2D eigenvalue weighted by Crippen LogP contribution is -2.41. The normalized spacial score (nSPS) is 16.3. The molecule has 0 saturated heterocycles. The molecule has 0 radical (unpaired) electrons. The number of fused-ring (bicyclic) bond motifs is 6. The summed E-state index contributed by atoms with van der Waals surface area (Å²) >= 11 is 0. The lowest BCUT2D eigenvalue weighted by Gasteiger charge is -2.26. The Balaban J connectivity index is 1.37. The Kier molecular flexibility index (Phi) is 5.49. The minimum Gasteiger partial charge on any atom is -0.375 e.